The van der Waals surface area contributed by atoms with Crippen LogP contribution in [-0.4, -0.2) is 77.2 Å². The second kappa shape index (κ2) is 10.3. The molecule has 196 valence electrons. The molecule has 0 aliphatic carbocycles. The minimum atomic E-state index is -0.119. The number of nitrogens with zero attached hydrogens (tertiary/aromatic N) is 7. The molecule has 0 spiro atoms. The number of H-pyrrole nitrogens is 1. The van der Waals surface area contributed by atoms with Crippen molar-refractivity contribution in [1.29, 1.82) is 0 Å². The summed E-state index contributed by atoms with van der Waals surface area (Å²) >= 11 is 0. The van der Waals surface area contributed by atoms with Crippen molar-refractivity contribution in [1.82, 2.24) is 39.6 Å². The first-order valence-electron chi connectivity index (χ1n) is 12.7. The summed E-state index contributed by atoms with van der Waals surface area (Å²) in [5, 5.41) is 27.6. The molecule has 37 heavy (non-hydrogen) atoms. The lowest BCUT2D eigenvalue weighted by Crippen LogP contribution is -2.34. The summed E-state index contributed by atoms with van der Waals surface area (Å²) in [6.45, 7) is 11.1. The average Bonchev–Trinajstić information content (AvgIpc) is 3.50. The SMILES string of the molecule is CCOc1nn(CCO)c2c1/C=C/c1n[nH]c3cnc(cc13)-c1c(C)nn(C)c1O[C@@H](C)CN(CC)C2. The van der Waals surface area contributed by atoms with E-state index in [0.717, 1.165) is 51.4 Å². The molecule has 4 aromatic rings. The third kappa shape index (κ3) is 4.72. The zero-order chi connectivity index (χ0) is 26.1. The van der Waals surface area contributed by atoms with Crippen LogP contribution in [0.15, 0.2) is 12.3 Å². The highest BCUT2D eigenvalue weighted by atomic mass is 16.5. The molecular formula is C26H34N8O3. The highest BCUT2D eigenvalue weighted by Gasteiger charge is 2.24. The first-order valence-corrected chi connectivity index (χ1v) is 12.7. The zero-order valence-corrected chi connectivity index (χ0v) is 22.0. The van der Waals surface area contributed by atoms with E-state index in [9.17, 15) is 5.11 Å². The number of aromatic amines is 1. The van der Waals surface area contributed by atoms with Crippen molar-refractivity contribution < 1.29 is 14.6 Å². The molecule has 4 aromatic heterocycles. The number of fused-ring (bicyclic) bond motifs is 4. The number of nitrogens with one attached hydrogen (secondary N) is 1. The van der Waals surface area contributed by atoms with E-state index in [2.05, 4.69) is 39.1 Å². The van der Waals surface area contributed by atoms with Crippen LogP contribution in [0.1, 0.15) is 43.4 Å². The third-order valence-corrected chi connectivity index (χ3v) is 6.62. The van der Waals surface area contributed by atoms with Gasteiger partial charge < -0.3 is 14.6 Å². The van der Waals surface area contributed by atoms with Crippen LogP contribution in [0, 0.1) is 6.92 Å². The fourth-order valence-electron chi connectivity index (χ4n) is 4.88. The lowest BCUT2D eigenvalue weighted by molar-refractivity contribution is 0.133. The lowest BCUT2D eigenvalue weighted by atomic mass is 10.1. The number of pyridine rings is 1. The number of rotatable bonds is 5. The minimum absolute atomic E-state index is 0.0164. The predicted molar refractivity (Wildman–Crippen MR) is 141 cm³/mol. The Kier molecular flexibility index (Phi) is 6.98. The normalized spacial score (nSPS) is 17.2. The number of aliphatic hydroxyl groups is 1. The molecule has 2 N–H and O–H groups in total. The molecule has 1 aliphatic heterocycles. The number of ether oxygens (including phenoxy) is 2. The van der Waals surface area contributed by atoms with Crippen molar-refractivity contribution in [3.05, 3.63) is 34.9 Å². The smallest absolute Gasteiger partial charge is 0.240 e. The lowest BCUT2D eigenvalue weighted by Gasteiger charge is -2.25. The quantitative estimate of drug-likeness (QED) is 0.424. The highest BCUT2D eigenvalue weighted by Crippen LogP contribution is 2.35. The second-order valence-corrected chi connectivity index (χ2v) is 9.25. The van der Waals surface area contributed by atoms with Crippen molar-refractivity contribution in [2.24, 2.45) is 7.05 Å². The van der Waals surface area contributed by atoms with E-state index in [0.29, 0.717) is 38.0 Å². The molecule has 0 amide bonds. The molecular weight excluding hydrogens is 472 g/mol. The molecule has 11 nitrogen and oxygen atoms in total. The number of aliphatic hydroxyl groups excluding tert-OH is 1. The summed E-state index contributed by atoms with van der Waals surface area (Å²) in [7, 11) is 1.89. The minimum Gasteiger partial charge on any atom is -0.476 e. The fraction of sp³-hybridized carbons (Fsp3) is 0.462. The van der Waals surface area contributed by atoms with Crippen LogP contribution in [0.4, 0.5) is 0 Å². The first-order chi connectivity index (χ1) is 17.9. The summed E-state index contributed by atoms with van der Waals surface area (Å²) in [4.78, 5) is 7.01. The van der Waals surface area contributed by atoms with Crippen molar-refractivity contribution in [2.75, 3.05) is 26.3 Å². The maximum absolute atomic E-state index is 9.72. The first kappa shape index (κ1) is 25.0. The van der Waals surface area contributed by atoms with Gasteiger partial charge in [0.2, 0.25) is 11.8 Å². The van der Waals surface area contributed by atoms with E-state index in [1.54, 1.807) is 10.9 Å². The van der Waals surface area contributed by atoms with Gasteiger partial charge in [-0.25, -0.2) is 4.68 Å². The summed E-state index contributed by atoms with van der Waals surface area (Å²) in [6.07, 6.45) is 5.65. The Labute approximate surface area is 215 Å². The molecule has 11 heteroatoms. The molecule has 5 rings (SSSR count). The summed E-state index contributed by atoms with van der Waals surface area (Å²) < 4.78 is 16.0. The van der Waals surface area contributed by atoms with E-state index < -0.39 is 0 Å². The molecule has 0 saturated heterocycles. The van der Waals surface area contributed by atoms with Crippen LogP contribution in [0.5, 0.6) is 11.8 Å². The van der Waals surface area contributed by atoms with Gasteiger partial charge in [-0.1, -0.05) is 6.92 Å². The summed E-state index contributed by atoms with van der Waals surface area (Å²) in [5.74, 6) is 1.23. The van der Waals surface area contributed by atoms with Crippen LogP contribution >= 0.6 is 0 Å². The summed E-state index contributed by atoms with van der Waals surface area (Å²) in [5.41, 5.74) is 5.98. The zero-order valence-electron chi connectivity index (χ0n) is 22.0. The summed E-state index contributed by atoms with van der Waals surface area (Å²) in [6, 6.07) is 2.03. The van der Waals surface area contributed by atoms with Gasteiger partial charge in [-0.15, -0.1) is 5.10 Å². The molecule has 0 fully saturated rings. The predicted octanol–water partition coefficient (Wildman–Crippen LogP) is 3.03. The van der Waals surface area contributed by atoms with Gasteiger partial charge in [0.15, 0.2) is 0 Å². The van der Waals surface area contributed by atoms with Crippen molar-refractivity contribution in [3.8, 4) is 23.0 Å². The number of aromatic nitrogens is 7. The maximum atomic E-state index is 9.72. The van der Waals surface area contributed by atoms with Crippen LogP contribution in [-0.2, 0) is 20.1 Å². The Balaban J connectivity index is 1.71. The molecule has 2 bridgehead atoms. The third-order valence-electron chi connectivity index (χ3n) is 6.62. The van der Waals surface area contributed by atoms with Crippen molar-refractivity contribution in [2.45, 2.75) is 46.9 Å². The van der Waals surface area contributed by atoms with Gasteiger partial charge in [0.1, 0.15) is 6.10 Å². The maximum Gasteiger partial charge on any atom is 0.240 e. The Morgan fingerprint density at radius 3 is 2.84 bits per heavy atom. The standard InChI is InChI=1S/C26H34N8O3/c1-6-33-14-16(3)37-26-24(17(4)30-32(26)5)21-12-19-20(28-29-22(19)13-27-21)9-8-18-23(15-33)34(10-11-35)31-25(18)36-7-2/h8-9,12-13,16,35H,6-7,10-11,14-15H2,1-5H3,(H,28,29)/b9-8+/t16-/m0/s1. The van der Waals surface area contributed by atoms with Crippen LogP contribution < -0.4 is 9.47 Å². The molecule has 0 unspecified atom stereocenters. The van der Waals surface area contributed by atoms with E-state index in [1.165, 1.54) is 0 Å². The molecule has 0 aromatic carbocycles. The molecule has 0 saturated carbocycles. The second-order valence-electron chi connectivity index (χ2n) is 9.25. The fourth-order valence-corrected chi connectivity index (χ4v) is 4.88. The van der Waals surface area contributed by atoms with E-state index in [-0.39, 0.29) is 12.7 Å². The molecule has 1 atom stereocenters. The molecule has 5 heterocycles. The monoisotopic (exact) mass is 506 g/mol. The van der Waals surface area contributed by atoms with Gasteiger partial charge in [-0.05, 0) is 45.5 Å². The van der Waals surface area contributed by atoms with Crippen LogP contribution in [0.25, 0.3) is 34.3 Å². The molecule has 0 radical (unpaired) electrons. The Hall–Kier alpha value is -3.70. The van der Waals surface area contributed by atoms with E-state index in [4.69, 9.17) is 14.5 Å². The van der Waals surface area contributed by atoms with Gasteiger partial charge in [0.25, 0.3) is 0 Å². The Morgan fingerprint density at radius 2 is 2.08 bits per heavy atom. The highest BCUT2D eigenvalue weighted by molar-refractivity contribution is 5.92. The Morgan fingerprint density at radius 1 is 1.24 bits per heavy atom. The number of likely N-dealkylation sites (N-methyl/N-ethyl adjacent to an activating group) is 1. The van der Waals surface area contributed by atoms with E-state index in [1.807, 2.05) is 43.8 Å². The van der Waals surface area contributed by atoms with Gasteiger partial charge in [0, 0.05) is 25.5 Å². The van der Waals surface area contributed by atoms with Gasteiger partial charge in [-0.2, -0.15) is 10.2 Å². The Bertz CT molecular complexity index is 1430. The topological polar surface area (TPSA) is 119 Å². The number of aryl methyl sites for hydroxylation is 2. The van der Waals surface area contributed by atoms with Gasteiger partial charge >= 0.3 is 0 Å². The molecule has 1 aliphatic rings. The number of hydrogen-bond acceptors (Lipinski definition) is 8. The van der Waals surface area contributed by atoms with Crippen molar-refractivity contribution >= 4 is 23.1 Å². The van der Waals surface area contributed by atoms with E-state index >= 15 is 0 Å². The van der Waals surface area contributed by atoms with Crippen LogP contribution in [0.3, 0.4) is 0 Å². The number of hydrogen-bond donors (Lipinski definition) is 2. The average molecular weight is 507 g/mol. The van der Waals surface area contributed by atoms with Crippen LogP contribution in [0.2, 0.25) is 0 Å². The van der Waals surface area contributed by atoms with Gasteiger partial charge in [-0.3, -0.25) is 19.7 Å². The van der Waals surface area contributed by atoms with Gasteiger partial charge in [0.05, 0.1) is 65.4 Å². The largest absolute Gasteiger partial charge is 0.476 e. The van der Waals surface area contributed by atoms with Crippen molar-refractivity contribution in [3.63, 3.8) is 0 Å².